The van der Waals surface area contributed by atoms with Crippen LogP contribution in [0.2, 0.25) is 4.34 Å². The summed E-state index contributed by atoms with van der Waals surface area (Å²) >= 11 is 7.04. The normalized spacial score (nSPS) is 10.4. The summed E-state index contributed by atoms with van der Waals surface area (Å²) in [6, 6.07) is 4.90. The van der Waals surface area contributed by atoms with Crippen LogP contribution in [0.4, 0.5) is 15.8 Å². The van der Waals surface area contributed by atoms with Gasteiger partial charge < -0.3 is 10.4 Å². The summed E-state index contributed by atoms with van der Waals surface area (Å²) in [6.07, 6.45) is 0. The Morgan fingerprint density at radius 3 is 2.71 bits per heavy atom. The maximum absolute atomic E-state index is 13.5. The molecule has 21 heavy (non-hydrogen) atoms. The smallest absolute Gasteiger partial charge is 0.338 e. The summed E-state index contributed by atoms with van der Waals surface area (Å²) in [6.45, 7) is 0.211. The van der Waals surface area contributed by atoms with Gasteiger partial charge in [-0.2, -0.15) is 0 Å². The Labute approximate surface area is 126 Å². The zero-order chi connectivity index (χ0) is 15.6. The van der Waals surface area contributed by atoms with Crippen molar-refractivity contribution in [1.29, 1.82) is 0 Å². The molecular weight excluding hydrogens is 323 g/mol. The first-order valence-electron chi connectivity index (χ1n) is 5.58. The molecule has 0 fully saturated rings. The molecule has 110 valence electrons. The molecule has 0 unspecified atom stereocenters. The van der Waals surface area contributed by atoms with E-state index in [9.17, 15) is 19.3 Å². The fourth-order valence-electron chi connectivity index (χ4n) is 1.65. The average Bonchev–Trinajstić information content (AvgIpc) is 2.82. The van der Waals surface area contributed by atoms with Gasteiger partial charge in [0.2, 0.25) is 0 Å². The van der Waals surface area contributed by atoms with Crippen LogP contribution < -0.4 is 5.32 Å². The molecule has 0 bridgehead atoms. The summed E-state index contributed by atoms with van der Waals surface area (Å²) < 4.78 is 14.0. The number of nitro benzene ring substituents is 1. The van der Waals surface area contributed by atoms with E-state index in [2.05, 4.69) is 5.32 Å². The van der Waals surface area contributed by atoms with Gasteiger partial charge in [-0.25, -0.2) is 9.18 Å². The Bertz CT molecular complexity index is 719. The van der Waals surface area contributed by atoms with E-state index < -0.39 is 28.0 Å². The zero-order valence-corrected chi connectivity index (χ0v) is 11.9. The molecular formula is C12H8ClFN2O4S. The third-order valence-electron chi connectivity index (χ3n) is 2.59. The Morgan fingerprint density at radius 1 is 1.48 bits per heavy atom. The van der Waals surface area contributed by atoms with Crippen LogP contribution in [0.15, 0.2) is 24.3 Å². The number of thiophene rings is 1. The van der Waals surface area contributed by atoms with Crippen LogP contribution in [0, 0.1) is 15.9 Å². The van der Waals surface area contributed by atoms with E-state index in [1.165, 1.54) is 11.3 Å². The predicted octanol–water partition coefficient (Wildman–Crippen LogP) is 3.76. The molecule has 1 aromatic carbocycles. The van der Waals surface area contributed by atoms with E-state index in [0.29, 0.717) is 10.4 Å². The largest absolute Gasteiger partial charge is 0.478 e. The van der Waals surface area contributed by atoms with E-state index in [4.69, 9.17) is 16.7 Å². The summed E-state index contributed by atoms with van der Waals surface area (Å²) in [5, 5.41) is 22.5. The second-order valence-corrected chi connectivity index (χ2v) is 5.77. The lowest BCUT2D eigenvalue weighted by molar-refractivity contribution is -0.384. The Kier molecular flexibility index (Phi) is 4.39. The lowest BCUT2D eigenvalue weighted by Gasteiger charge is -2.07. The molecule has 0 amide bonds. The van der Waals surface area contributed by atoms with Gasteiger partial charge in [-0.05, 0) is 18.2 Å². The van der Waals surface area contributed by atoms with Crippen LogP contribution in [0.1, 0.15) is 15.2 Å². The van der Waals surface area contributed by atoms with E-state index >= 15 is 0 Å². The van der Waals surface area contributed by atoms with Crippen LogP contribution in [0.25, 0.3) is 0 Å². The van der Waals surface area contributed by atoms with Crippen molar-refractivity contribution in [1.82, 2.24) is 0 Å². The molecule has 0 atom stereocenters. The zero-order valence-electron chi connectivity index (χ0n) is 10.3. The van der Waals surface area contributed by atoms with Crippen LogP contribution in [0.3, 0.4) is 0 Å². The minimum Gasteiger partial charge on any atom is -0.478 e. The van der Waals surface area contributed by atoms with Crippen molar-refractivity contribution in [3.05, 3.63) is 55.0 Å². The number of nitrogens with zero attached hydrogens (tertiary/aromatic N) is 1. The molecule has 2 rings (SSSR count). The third-order valence-corrected chi connectivity index (χ3v) is 3.83. The maximum atomic E-state index is 13.5. The second-order valence-electron chi connectivity index (χ2n) is 3.97. The molecule has 0 saturated heterocycles. The highest BCUT2D eigenvalue weighted by molar-refractivity contribution is 7.16. The molecule has 0 aliphatic heterocycles. The van der Waals surface area contributed by atoms with Gasteiger partial charge in [-0.1, -0.05) is 11.6 Å². The van der Waals surface area contributed by atoms with Crippen molar-refractivity contribution in [3.8, 4) is 0 Å². The van der Waals surface area contributed by atoms with Crippen molar-refractivity contribution in [2.24, 2.45) is 0 Å². The van der Waals surface area contributed by atoms with Crippen LogP contribution >= 0.6 is 22.9 Å². The number of benzene rings is 1. The number of hydrogen-bond donors (Lipinski definition) is 2. The SMILES string of the molecule is O=C(O)c1cc(NCc2ccc(Cl)s2)c([N+](=O)[O-])cc1F. The van der Waals surface area contributed by atoms with Crippen molar-refractivity contribution < 1.29 is 19.2 Å². The van der Waals surface area contributed by atoms with Crippen molar-refractivity contribution in [2.75, 3.05) is 5.32 Å². The highest BCUT2D eigenvalue weighted by Gasteiger charge is 2.21. The molecule has 1 aromatic heterocycles. The molecule has 2 N–H and O–H groups in total. The first kappa shape index (κ1) is 15.2. The van der Waals surface area contributed by atoms with Crippen molar-refractivity contribution in [3.63, 3.8) is 0 Å². The molecule has 0 aliphatic rings. The predicted molar refractivity (Wildman–Crippen MR) is 76.7 cm³/mol. The maximum Gasteiger partial charge on any atom is 0.338 e. The van der Waals surface area contributed by atoms with Gasteiger partial charge in [0.05, 0.1) is 20.9 Å². The van der Waals surface area contributed by atoms with E-state index in [1.807, 2.05) is 0 Å². The summed E-state index contributed by atoms with van der Waals surface area (Å²) in [7, 11) is 0. The first-order chi connectivity index (χ1) is 9.88. The highest BCUT2D eigenvalue weighted by atomic mass is 35.5. The molecule has 6 nitrogen and oxygen atoms in total. The Hall–Kier alpha value is -2.19. The lowest BCUT2D eigenvalue weighted by atomic mass is 10.1. The standard InChI is InChI=1S/C12H8ClFN2O4S/c13-11-2-1-6(21-11)5-15-9-3-7(12(17)18)8(14)4-10(9)16(19)20/h1-4,15H,5H2,(H,17,18). The van der Waals surface area contributed by atoms with E-state index in [1.54, 1.807) is 12.1 Å². The molecule has 2 aromatic rings. The van der Waals surface area contributed by atoms with Crippen LogP contribution in [0.5, 0.6) is 0 Å². The number of nitrogens with one attached hydrogen (secondary N) is 1. The Balaban J connectivity index is 2.33. The molecule has 9 heteroatoms. The molecule has 0 radical (unpaired) electrons. The van der Waals surface area contributed by atoms with Crippen molar-refractivity contribution in [2.45, 2.75) is 6.54 Å². The number of rotatable bonds is 5. The second kappa shape index (κ2) is 6.06. The molecule has 0 saturated carbocycles. The molecule has 0 spiro atoms. The van der Waals surface area contributed by atoms with E-state index in [0.717, 1.165) is 10.9 Å². The number of halogens is 2. The van der Waals surface area contributed by atoms with E-state index in [-0.39, 0.29) is 12.2 Å². The summed E-state index contributed by atoms with van der Waals surface area (Å²) in [5.41, 5.74) is -1.23. The summed E-state index contributed by atoms with van der Waals surface area (Å²) in [4.78, 5) is 21.8. The third kappa shape index (κ3) is 3.47. The van der Waals surface area contributed by atoms with Gasteiger partial charge in [0, 0.05) is 11.4 Å². The molecule has 0 aliphatic carbocycles. The fraction of sp³-hybridized carbons (Fsp3) is 0.0833. The number of carboxylic acids is 1. The number of anilines is 1. The number of hydrogen-bond acceptors (Lipinski definition) is 5. The number of aromatic carboxylic acids is 1. The summed E-state index contributed by atoms with van der Waals surface area (Å²) in [5.74, 6) is -2.65. The van der Waals surface area contributed by atoms with Gasteiger partial charge >= 0.3 is 5.97 Å². The van der Waals surface area contributed by atoms with Crippen molar-refractivity contribution >= 4 is 40.3 Å². The topological polar surface area (TPSA) is 92.5 Å². The first-order valence-corrected chi connectivity index (χ1v) is 6.77. The van der Waals surface area contributed by atoms with Gasteiger partial charge in [0.15, 0.2) is 0 Å². The molecule has 1 heterocycles. The quantitative estimate of drug-likeness (QED) is 0.643. The van der Waals surface area contributed by atoms with Gasteiger partial charge in [0.25, 0.3) is 5.69 Å². The highest BCUT2D eigenvalue weighted by Crippen LogP contribution is 2.29. The average molecular weight is 331 g/mol. The minimum atomic E-state index is -1.50. The minimum absolute atomic E-state index is 0.0664. The Morgan fingerprint density at radius 2 is 2.19 bits per heavy atom. The number of carbonyl (C=O) groups is 1. The van der Waals surface area contributed by atoms with Crippen LogP contribution in [-0.2, 0) is 6.54 Å². The number of carboxylic acid groups (broad SMARTS) is 1. The van der Waals surface area contributed by atoms with Crippen LogP contribution in [-0.4, -0.2) is 16.0 Å². The van der Waals surface area contributed by atoms with Gasteiger partial charge in [-0.3, -0.25) is 10.1 Å². The number of nitro groups is 1. The van der Waals surface area contributed by atoms with Gasteiger partial charge in [0.1, 0.15) is 11.5 Å². The van der Waals surface area contributed by atoms with Gasteiger partial charge in [-0.15, -0.1) is 11.3 Å². The lowest BCUT2D eigenvalue weighted by Crippen LogP contribution is -2.07. The monoisotopic (exact) mass is 330 g/mol. The fourth-order valence-corrected chi connectivity index (χ4v) is 2.68.